The fourth-order valence-electron chi connectivity index (χ4n) is 12.8. The molecule has 0 aromatic carbocycles. The van der Waals surface area contributed by atoms with Gasteiger partial charge in [0.05, 0.1) is 64.4 Å². The molecule has 0 bridgehead atoms. The van der Waals surface area contributed by atoms with E-state index < -0.39 is 84.9 Å². The Morgan fingerprint density at radius 3 is 1.18 bits per heavy atom. The molecule has 0 radical (unpaired) electrons. The predicted molar refractivity (Wildman–Crippen MR) is 439 cm³/mol. The van der Waals surface area contributed by atoms with E-state index in [4.69, 9.17) is 37.0 Å². The van der Waals surface area contributed by atoms with Gasteiger partial charge in [-0.1, -0.05) is 291 Å². The van der Waals surface area contributed by atoms with Crippen LogP contribution in [0.5, 0.6) is 0 Å². The Hall–Kier alpha value is -0.660. The average molecular weight is 1640 g/mol. The van der Waals surface area contributed by atoms with Crippen molar-refractivity contribution in [1.82, 2.24) is 21.3 Å². The molecular formula is C85H164N4Na2O18P2. The molecule has 8 unspecified atom stereocenters. The van der Waals surface area contributed by atoms with Crippen molar-refractivity contribution in [2.24, 2.45) is 0 Å². The third kappa shape index (κ3) is 82.8. The Morgan fingerprint density at radius 1 is 0.369 bits per heavy atom. The van der Waals surface area contributed by atoms with Crippen LogP contribution in [0.25, 0.3) is 0 Å². The van der Waals surface area contributed by atoms with Crippen molar-refractivity contribution in [3.8, 4) is 0 Å². The Labute approximate surface area is 721 Å². The van der Waals surface area contributed by atoms with Gasteiger partial charge in [0.15, 0.2) is 6.29 Å². The molecule has 0 aliphatic rings. The van der Waals surface area contributed by atoms with Crippen LogP contribution in [0.3, 0.4) is 0 Å². The molecule has 0 aliphatic carbocycles. The van der Waals surface area contributed by atoms with Crippen molar-refractivity contribution >= 4 is 39.3 Å². The second-order valence-electron chi connectivity index (χ2n) is 30.2. The van der Waals surface area contributed by atoms with Crippen LogP contribution in [-0.2, 0) is 65.4 Å². The summed E-state index contributed by atoms with van der Waals surface area (Å²) in [5.74, 6) is -2.01. The second kappa shape index (κ2) is 85.7. The minimum absolute atomic E-state index is 0. The third-order valence-electron chi connectivity index (χ3n) is 19.5. The number of rotatable bonds is 86. The van der Waals surface area contributed by atoms with Crippen molar-refractivity contribution in [2.45, 2.75) is 431 Å². The number of ether oxygens (including phenoxy) is 4. The van der Waals surface area contributed by atoms with E-state index in [-0.39, 0.29) is 129 Å². The molecule has 22 nitrogen and oxygen atoms in total. The molecule has 0 spiro atoms. The second-order valence-corrected chi connectivity index (χ2v) is 33.0. The summed E-state index contributed by atoms with van der Waals surface area (Å²) in [6.07, 6.45) is 60.6. The van der Waals surface area contributed by atoms with Gasteiger partial charge in [-0.25, -0.2) is 0 Å². The number of allylic oxidation sites excluding steroid dienone is 4. The standard InChI is InChI=1S/C85H166N4O18P2.2Na/c1-7-13-19-25-29-33-35-39-41-47-53-59-80(90)88-76(72-100-67-63-78(57-51-45-23-17-11-5)106-84(94)61-55-49-43-37-31-27-21-15-9-3)74-104-108(96,97)102-69-65-86-82(92)71-83(93)87-66-70-103-109(98,99)105-75-77(89-81(91)60-54-48-42-40-36-34-30-26-20-14-8-2)73-101-68-64-79(58-52-46-24-18-12-6)107-85(95)62-56-50-44-38-32-28-22-16-10-4;;/h37-38,43-44,76-80,85,88,90,95H,7-36,39-42,45-75H2,1-6H3,(H,86,92)(H,87,93)(H,89,91)(H,96,97)(H,98,99);;/q;2*+1/p-2/b43-37-,44-38-;;. The molecule has 0 heterocycles. The van der Waals surface area contributed by atoms with E-state index in [0.717, 1.165) is 148 Å². The maximum absolute atomic E-state index is 13.3. The first-order valence-electron chi connectivity index (χ1n) is 44.4. The van der Waals surface area contributed by atoms with Crippen molar-refractivity contribution < 1.29 is 144 Å². The SMILES string of the molecule is CCCCCC/C=C\CCCC(=O)OC(CCCCCCC)CCOCC(COP(=O)([O-])OCCNC(=O)CC(=O)NCCOP(=O)([O-])OCC(COCCC(CCCCCCC)OC(O)CCC/C=C\CCCCCC)NC(=O)CCCCCCCCCCCCC)NC(O)CCCCCCCCCCCCC.[Na+].[Na+]. The Kier molecular flexibility index (Phi) is 88.4. The maximum Gasteiger partial charge on any atom is 1.00 e. The van der Waals surface area contributed by atoms with E-state index in [1.54, 1.807) is 0 Å². The van der Waals surface area contributed by atoms with Crippen molar-refractivity contribution in [2.75, 3.05) is 65.9 Å². The van der Waals surface area contributed by atoms with Crippen LogP contribution < -0.4 is 90.2 Å². The summed E-state index contributed by atoms with van der Waals surface area (Å²) in [5.41, 5.74) is 0. The average Bonchev–Trinajstić information content (AvgIpc) is 0.926. The van der Waals surface area contributed by atoms with Gasteiger partial charge in [0.25, 0.3) is 15.6 Å². The van der Waals surface area contributed by atoms with Gasteiger partial charge < -0.3 is 73.0 Å². The molecule has 0 saturated carbocycles. The topological polar surface area (TPSA) is 311 Å². The summed E-state index contributed by atoms with van der Waals surface area (Å²) >= 11 is 0. The van der Waals surface area contributed by atoms with E-state index in [0.29, 0.717) is 51.4 Å². The normalized spacial score (nSPS) is 14.4. The number of hydrogen-bond donors (Lipinski definition) is 6. The molecule has 0 fully saturated rings. The number of phosphoric acid groups is 2. The summed E-state index contributed by atoms with van der Waals surface area (Å²) in [4.78, 5) is 77.8. The molecule has 26 heteroatoms. The maximum atomic E-state index is 13.3. The van der Waals surface area contributed by atoms with E-state index in [2.05, 4.69) is 87.1 Å². The molecule has 8 atom stereocenters. The molecule has 111 heavy (non-hydrogen) atoms. The first kappa shape index (κ1) is 114. The molecule has 0 aromatic heterocycles. The number of hydrogen-bond acceptors (Lipinski definition) is 19. The summed E-state index contributed by atoms with van der Waals surface area (Å²) in [6, 6.07) is -1.62. The van der Waals surface area contributed by atoms with Crippen LogP contribution >= 0.6 is 15.6 Å². The first-order valence-corrected chi connectivity index (χ1v) is 47.3. The molecule has 644 valence electrons. The van der Waals surface area contributed by atoms with Gasteiger partial charge in [-0.2, -0.15) is 0 Å². The first-order chi connectivity index (χ1) is 52.9. The minimum atomic E-state index is -4.98. The van der Waals surface area contributed by atoms with Gasteiger partial charge in [-0.3, -0.25) is 33.6 Å². The van der Waals surface area contributed by atoms with Crippen LogP contribution in [-0.4, -0.2) is 137 Å². The molecule has 0 rings (SSSR count). The van der Waals surface area contributed by atoms with Gasteiger partial charge >= 0.3 is 65.1 Å². The van der Waals surface area contributed by atoms with Gasteiger partial charge in [-0.05, 0) is 103 Å². The van der Waals surface area contributed by atoms with Crippen LogP contribution in [0.2, 0.25) is 0 Å². The minimum Gasteiger partial charge on any atom is -0.756 e. The predicted octanol–water partition coefficient (Wildman–Crippen LogP) is 13.3. The van der Waals surface area contributed by atoms with Gasteiger partial charge in [-0.15, -0.1) is 0 Å². The summed E-state index contributed by atoms with van der Waals surface area (Å²) < 4.78 is 71.0. The molecule has 0 aliphatic heterocycles. The molecule has 0 aromatic rings. The van der Waals surface area contributed by atoms with E-state index in [9.17, 15) is 48.3 Å². The number of nitrogens with one attached hydrogen (secondary N) is 4. The zero-order valence-electron chi connectivity index (χ0n) is 72.1. The molecule has 6 N–H and O–H groups in total. The number of aliphatic hydroxyl groups is 2. The third-order valence-corrected chi connectivity index (χ3v) is 21.4. The van der Waals surface area contributed by atoms with Crippen molar-refractivity contribution in [3.63, 3.8) is 0 Å². The smallest absolute Gasteiger partial charge is 0.756 e. The Balaban J connectivity index is -0.0000583. The monoisotopic (exact) mass is 1640 g/mol. The van der Waals surface area contributed by atoms with Crippen LogP contribution in [0.1, 0.15) is 395 Å². The summed E-state index contributed by atoms with van der Waals surface area (Å²) in [6.45, 7) is 11.0. The van der Waals surface area contributed by atoms with Crippen LogP contribution in [0.15, 0.2) is 24.3 Å². The number of phosphoric ester groups is 2. The zero-order valence-corrected chi connectivity index (χ0v) is 77.8. The summed E-state index contributed by atoms with van der Waals surface area (Å²) in [5, 5.41) is 32.8. The van der Waals surface area contributed by atoms with Gasteiger partial charge in [0.2, 0.25) is 17.7 Å². The fourth-order valence-corrected chi connectivity index (χ4v) is 14.3. The quantitative estimate of drug-likeness (QED) is 0.00627. The molecule has 0 saturated heterocycles. The Morgan fingerprint density at radius 2 is 0.730 bits per heavy atom. The van der Waals surface area contributed by atoms with E-state index in [1.165, 1.54) is 141 Å². The van der Waals surface area contributed by atoms with Crippen LogP contribution in [0.4, 0.5) is 0 Å². The van der Waals surface area contributed by atoms with Crippen LogP contribution in [0, 0.1) is 0 Å². The fraction of sp³-hybridized carbons (Fsp3) is 0.906. The zero-order chi connectivity index (χ0) is 80.0. The van der Waals surface area contributed by atoms with E-state index >= 15 is 0 Å². The Bertz CT molecular complexity index is 2240. The largest absolute Gasteiger partial charge is 1.00 e. The van der Waals surface area contributed by atoms with Crippen molar-refractivity contribution in [3.05, 3.63) is 24.3 Å². The van der Waals surface area contributed by atoms with Gasteiger partial charge in [0.1, 0.15) is 18.8 Å². The van der Waals surface area contributed by atoms with E-state index in [1.807, 2.05) is 0 Å². The summed E-state index contributed by atoms with van der Waals surface area (Å²) in [7, 11) is -9.94. The number of carbonyl (C=O) groups is 4. The van der Waals surface area contributed by atoms with Gasteiger partial charge in [0, 0.05) is 39.0 Å². The number of amides is 3. The number of unbranched alkanes of at least 4 members (excludes halogenated alkanes) is 38. The number of esters is 1. The molecular weight excluding hydrogens is 1470 g/mol. The van der Waals surface area contributed by atoms with Crippen molar-refractivity contribution in [1.29, 1.82) is 0 Å². The number of aliphatic hydroxyl groups excluding tert-OH is 2. The number of carbonyl (C=O) groups excluding carboxylic acids is 4. The molecule has 3 amide bonds.